The summed E-state index contributed by atoms with van der Waals surface area (Å²) in [7, 11) is 2.15. The van der Waals surface area contributed by atoms with Crippen LogP contribution < -0.4 is 10.9 Å². The van der Waals surface area contributed by atoms with Crippen molar-refractivity contribution in [2.45, 2.75) is 13.5 Å². The number of anilines is 1. The predicted molar refractivity (Wildman–Crippen MR) is 124 cm³/mol. The van der Waals surface area contributed by atoms with Crippen molar-refractivity contribution in [2.75, 3.05) is 38.5 Å². The summed E-state index contributed by atoms with van der Waals surface area (Å²) < 4.78 is 0. The van der Waals surface area contributed by atoms with Gasteiger partial charge in [-0.3, -0.25) is 14.5 Å². The Balaban J connectivity index is 1.40. The van der Waals surface area contributed by atoms with E-state index in [4.69, 9.17) is 0 Å². The molecule has 0 unspecified atom stereocenters. The minimum atomic E-state index is -0.413. The first-order valence-electron chi connectivity index (χ1n) is 10.6. The van der Waals surface area contributed by atoms with E-state index in [1.165, 1.54) is 5.56 Å². The Bertz CT molecular complexity index is 1110. The van der Waals surface area contributed by atoms with E-state index in [1.807, 2.05) is 55.5 Å². The van der Waals surface area contributed by atoms with Crippen LogP contribution in [0.25, 0.3) is 11.3 Å². The van der Waals surface area contributed by atoms with Gasteiger partial charge in [0, 0.05) is 44.1 Å². The lowest BCUT2D eigenvalue weighted by molar-refractivity contribution is 0.102. The normalized spacial score (nSPS) is 15.0. The van der Waals surface area contributed by atoms with E-state index in [-0.39, 0.29) is 5.56 Å². The molecular formula is C25H28N4O2. The van der Waals surface area contributed by atoms with E-state index in [0.29, 0.717) is 11.4 Å². The second kappa shape index (κ2) is 9.29. The Hall–Kier alpha value is -3.22. The number of aromatic nitrogens is 1. The van der Waals surface area contributed by atoms with Crippen LogP contribution in [0.5, 0.6) is 0 Å². The molecule has 1 aliphatic heterocycles. The molecule has 1 amide bonds. The molecule has 3 aromatic rings. The lowest BCUT2D eigenvalue weighted by Crippen LogP contribution is -2.43. The molecule has 6 nitrogen and oxygen atoms in total. The number of carbonyl (C=O) groups excluding carboxylic acids is 1. The van der Waals surface area contributed by atoms with Crippen molar-refractivity contribution in [1.82, 2.24) is 14.8 Å². The first-order valence-corrected chi connectivity index (χ1v) is 10.6. The Morgan fingerprint density at radius 2 is 1.74 bits per heavy atom. The highest BCUT2D eigenvalue weighted by Crippen LogP contribution is 2.18. The molecule has 0 saturated carbocycles. The van der Waals surface area contributed by atoms with E-state index in [2.05, 4.69) is 27.1 Å². The SMILES string of the molecule is Cc1cccc(-c2ccc(C(=O)Nc3ccc(CN4CCN(C)CC4)cc3)c(=O)[nH]2)c1. The van der Waals surface area contributed by atoms with Crippen LogP contribution in [-0.4, -0.2) is 53.9 Å². The molecule has 1 fully saturated rings. The molecule has 2 aromatic carbocycles. The van der Waals surface area contributed by atoms with Gasteiger partial charge in [0.15, 0.2) is 0 Å². The number of benzene rings is 2. The van der Waals surface area contributed by atoms with Gasteiger partial charge in [-0.25, -0.2) is 0 Å². The number of nitrogens with zero attached hydrogens (tertiary/aromatic N) is 2. The Kier molecular flexibility index (Phi) is 6.30. The fourth-order valence-electron chi connectivity index (χ4n) is 3.79. The van der Waals surface area contributed by atoms with Crippen molar-refractivity contribution in [3.05, 3.63) is 87.7 Å². The van der Waals surface area contributed by atoms with Gasteiger partial charge in [0.05, 0.1) is 0 Å². The molecular weight excluding hydrogens is 388 g/mol. The number of hydrogen-bond acceptors (Lipinski definition) is 4. The Morgan fingerprint density at radius 3 is 2.42 bits per heavy atom. The number of likely N-dealkylation sites (N-methyl/N-ethyl adjacent to an activating group) is 1. The number of aryl methyl sites for hydroxylation is 1. The van der Waals surface area contributed by atoms with Crippen molar-refractivity contribution in [3.63, 3.8) is 0 Å². The van der Waals surface area contributed by atoms with Crippen LogP contribution in [0.1, 0.15) is 21.5 Å². The number of hydrogen-bond donors (Lipinski definition) is 2. The third-order valence-electron chi connectivity index (χ3n) is 5.70. The maximum absolute atomic E-state index is 12.6. The molecule has 160 valence electrons. The van der Waals surface area contributed by atoms with E-state index in [0.717, 1.165) is 43.9 Å². The quantitative estimate of drug-likeness (QED) is 0.669. The van der Waals surface area contributed by atoms with Gasteiger partial charge in [-0.2, -0.15) is 0 Å². The topological polar surface area (TPSA) is 68.4 Å². The molecule has 1 aromatic heterocycles. The number of piperazine rings is 1. The summed E-state index contributed by atoms with van der Waals surface area (Å²) in [6.45, 7) is 7.21. The zero-order valence-corrected chi connectivity index (χ0v) is 18.0. The number of H-pyrrole nitrogens is 1. The van der Waals surface area contributed by atoms with Gasteiger partial charge in [0.25, 0.3) is 11.5 Å². The second-order valence-corrected chi connectivity index (χ2v) is 8.21. The molecule has 31 heavy (non-hydrogen) atoms. The molecule has 0 radical (unpaired) electrons. The summed E-state index contributed by atoms with van der Waals surface area (Å²) in [5, 5.41) is 2.82. The third-order valence-corrected chi connectivity index (χ3v) is 5.70. The maximum atomic E-state index is 12.6. The largest absolute Gasteiger partial charge is 0.322 e. The number of nitrogens with one attached hydrogen (secondary N) is 2. The molecule has 0 aliphatic carbocycles. The Labute approximate surface area is 182 Å². The number of rotatable bonds is 5. The molecule has 2 N–H and O–H groups in total. The fourth-order valence-corrected chi connectivity index (χ4v) is 3.79. The van der Waals surface area contributed by atoms with Gasteiger partial charge >= 0.3 is 0 Å². The summed E-state index contributed by atoms with van der Waals surface area (Å²) in [5.41, 5.74) is 4.30. The van der Waals surface area contributed by atoms with Crippen LogP contribution in [0.2, 0.25) is 0 Å². The highest BCUT2D eigenvalue weighted by molar-refractivity contribution is 6.04. The predicted octanol–water partition coefficient (Wildman–Crippen LogP) is 3.35. The highest BCUT2D eigenvalue weighted by Gasteiger charge is 2.15. The minimum absolute atomic E-state index is 0.0953. The van der Waals surface area contributed by atoms with Crippen LogP contribution in [0.15, 0.2) is 65.5 Å². The van der Waals surface area contributed by atoms with Gasteiger partial charge in [-0.15, -0.1) is 0 Å². The molecule has 0 atom stereocenters. The molecule has 6 heteroatoms. The maximum Gasteiger partial charge on any atom is 0.261 e. The summed E-state index contributed by atoms with van der Waals surface area (Å²) >= 11 is 0. The van der Waals surface area contributed by atoms with Crippen LogP contribution in [0.4, 0.5) is 5.69 Å². The van der Waals surface area contributed by atoms with Crippen molar-refractivity contribution in [2.24, 2.45) is 0 Å². The number of pyridine rings is 1. The average molecular weight is 417 g/mol. The van der Waals surface area contributed by atoms with Crippen LogP contribution in [0.3, 0.4) is 0 Å². The van der Waals surface area contributed by atoms with Crippen molar-refractivity contribution >= 4 is 11.6 Å². The molecule has 1 aliphatic rings. The lowest BCUT2D eigenvalue weighted by Gasteiger charge is -2.32. The summed E-state index contributed by atoms with van der Waals surface area (Å²) in [4.78, 5) is 32.7. The van der Waals surface area contributed by atoms with Crippen molar-refractivity contribution in [1.29, 1.82) is 0 Å². The van der Waals surface area contributed by atoms with E-state index in [1.54, 1.807) is 12.1 Å². The standard InChI is InChI=1S/C25H28N4O2/c1-18-4-3-5-20(16-18)23-11-10-22(25(31)27-23)24(30)26-21-8-6-19(7-9-21)17-29-14-12-28(2)13-15-29/h3-11,16H,12-15,17H2,1-2H3,(H,26,30)(H,27,31). The number of aromatic amines is 1. The molecule has 0 spiro atoms. The van der Waals surface area contributed by atoms with Gasteiger partial charge in [0.1, 0.15) is 5.56 Å². The first kappa shape index (κ1) is 21.0. The summed E-state index contributed by atoms with van der Waals surface area (Å²) in [6, 6.07) is 19.0. The summed E-state index contributed by atoms with van der Waals surface area (Å²) in [5.74, 6) is -0.413. The molecule has 1 saturated heterocycles. The second-order valence-electron chi connectivity index (χ2n) is 8.21. The molecule has 2 heterocycles. The zero-order valence-electron chi connectivity index (χ0n) is 18.0. The minimum Gasteiger partial charge on any atom is -0.322 e. The first-order chi connectivity index (χ1) is 15.0. The van der Waals surface area contributed by atoms with Gasteiger partial charge < -0.3 is 15.2 Å². The zero-order chi connectivity index (χ0) is 21.8. The van der Waals surface area contributed by atoms with Crippen molar-refractivity contribution in [3.8, 4) is 11.3 Å². The van der Waals surface area contributed by atoms with Crippen LogP contribution >= 0.6 is 0 Å². The van der Waals surface area contributed by atoms with E-state index >= 15 is 0 Å². The monoisotopic (exact) mass is 416 g/mol. The van der Waals surface area contributed by atoms with Gasteiger partial charge in [0.2, 0.25) is 0 Å². The average Bonchev–Trinajstić information content (AvgIpc) is 2.76. The smallest absolute Gasteiger partial charge is 0.261 e. The molecule has 4 rings (SSSR count). The van der Waals surface area contributed by atoms with Crippen molar-refractivity contribution < 1.29 is 4.79 Å². The van der Waals surface area contributed by atoms with Crippen LogP contribution in [-0.2, 0) is 6.54 Å². The van der Waals surface area contributed by atoms with Gasteiger partial charge in [-0.05, 0) is 55.4 Å². The molecule has 0 bridgehead atoms. The highest BCUT2D eigenvalue weighted by atomic mass is 16.2. The van der Waals surface area contributed by atoms with Crippen LogP contribution in [0, 0.1) is 6.92 Å². The number of carbonyl (C=O) groups is 1. The fraction of sp³-hybridized carbons (Fsp3) is 0.280. The van der Waals surface area contributed by atoms with E-state index < -0.39 is 11.5 Å². The van der Waals surface area contributed by atoms with Gasteiger partial charge in [-0.1, -0.05) is 35.9 Å². The lowest BCUT2D eigenvalue weighted by atomic mass is 10.1. The third kappa shape index (κ3) is 5.29. The number of amides is 1. The summed E-state index contributed by atoms with van der Waals surface area (Å²) in [6.07, 6.45) is 0. The van der Waals surface area contributed by atoms with E-state index in [9.17, 15) is 9.59 Å². The Morgan fingerprint density at radius 1 is 1.00 bits per heavy atom.